The zero-order valence-corrected chi connectivity index (χ0v) is 18.0. The number of benzene rings is 1. The second-order valence-electron chi connectivity index (χ2n) is 10.0. The van der Waals surface area contributed by atoms with Gasteiger partial charge in [-0.15, -0.1) is 0 Å². The van der Waals surface area contributed by atoms with E-state index >= 15 is 0 Å². The molecule has 0 aliphatic heterocycles. The van der Waals surface area contributed by atoms with Gasteiger partial charge in [-0.1, -0.05) is 12.1 Å². The van der Waals surface area contributed by atoms with Crippen molar-refractivity contribution in [2.75, 3.05) is 13.6 Å². The van der Waals surface area contributed by atoms with Gasteiger partial charge < -0.3 is 10.2 Å². The number of hydrogen-bond donors (Lipinski definition) is 1. The Morgan fingerprint density at radius 2 is 1.58 bits per heavy atom. The Labute approximate surface area is 181 Å². The van der Waals surface area contributed by atoms with Crippen LogP contribution in [-0.4, -0.2) is 30.3 Å². The van der Waals surface area contributed by atoms with Crippen molar-refractivity contribution < 1.29 is 22.8 Å². The van der Waals surface area contributed by atoms with Crippen molar-refractivity contribution in [3.8, 4) is 0 Å². The fraction of sp³-hybridized carbons (Fsp3) is 0.667. The minimum atomic E-state index is -4.36. The maximum atomic E-state index is 12.9. The molecule has 4 saturated carbocycles. The molecule has 4 aliphatic rings. The van der Waals surface area contributed by atoms with Crippen LogP contribution in [0.2, 0.25) is 0 Å². The second kappa shape index (κ2) is 8.47. The number of carbonyl (C=O) groups excluding carboxylic acids is 2. The summed E-state index contributed by atoms with van der Waals surface area (Å²) in [6.45, 7) is 0.747. The molecule has 7 heteroatoms. The molecule has 2 amide bonds. The minimum absolute atomic E-state index is 0.0797. The monoisotopic (exact) mass is 436 g/mol. The highest BCUT2D eigenvalue weighted by Gasteiger charge is 2.54. The van der Waals surface area contributed by atoms with Crippen molar-refractivity contribution in [1.82, 2.24) is 10.2 Å². The summed E-state index contributed by atoms with van der Waals surface area (Å²) in [5.41, 5.74) is -0.211. The van der Waals surface area contributed by atoms with Gasteiger partial charge in [0.05, 0.1) is 5.56 Å². The van der Waals surface area contributed by atoms with Crippen LogP contribution in [0.1, 0.15) is 62.5 Å². The molecular weight excluding hydrogens is 405 g/mol. The highest BCUT2D eigenvalue weighted by atomic mass is 19.4. The third kappa shape index (κ3) is 4.90. The molecule has 0 saturated heterocycles. The molecule has 31 heavy (non-hydrogen) atoms. The molecule has 4 aliphatic carbocycles. The van der Waals surface area contributed by atoms with E-state index in [1.165, 1.54) is 36.3 Å². The average molecular weight is 437 g/mol. The largest absolute Gasteiger partial charge is 0.416 e. The molecule has 0 spiro atoms. The SMILES string of the molecule is CN(Cc1ccc(C(F)(F)F)cc1)C(=O)CCCNC(=O)C12CC3CC(CC(C3)C1)C2. The molecule has 5 rings (SSSR count). The van der Waals surface area contributed by atoms with Gasteiger partial charge in [-0.05, 0) is 80.4 Å². The molecule has 170 valence electrons. The van der Waals surface area contributed by atoms with Crippen LogP contribution in [0.3, 0.4) is 0 Å². The van der Waals surface area contributed by atoms with Crippen LogP contribution in [0.4, 0.5) is 13.2 Å². The Bertz CT molecular complexity index is 784. The van der Waals surface area contributed by atoms with Gasteiger partial charge in [-0.25, -0.2) is 0 Å². The van der Waals surface area contributed by atoms with Crippen LogP contribution >= 0.6 is 0 Å². The summed E-state index contributed by atoms with van der Waals surface area (Å²) >= 11 is 0. The number of halogens is 3. The topological polar surface area (TPSA) is 49.4 Å². The number of rotatable bonds is 7. The number of alkyl halides is 3. The van der Waals surface area contributed by atoms with Gasteiger partial charge in [-0.2, -0.15) is 13.2 Å². The molecule has 1 aromatic rings. The first-order chi connectivity index (χ1) is 14.6. The number of hydrogen-bond acceptors (Lipinski definition) is 2. The zero-order valence-electron chi connectivity index (χ0n) is 18.0. The molecule has 4 fully saturated rings. The van der Waals surface area contributed by atoms with Gasteiger partial charge in [-0.3, -0.25) is 9.59 Å². The number of nitrogens with one attached hydrogen (secondary N) is 1. The average Bonchev–Trinajstić information content (AvgIpc) is 2.69. The minimum Gasteiger partial charge on any atom is -0.356 e. The highest BCUT2D eigenvalue weighted by molar-refractivity contribution is 5.83. The lowest BCUT2D eigenvalue weighted by Crippen LogP contribution is -2.53. The van der Waals surface area contributed by atoms with Crippen molar-refractivity contribution >= 4 is 11.8 Å². The Balaban J connectivity index is 1.19. The van der Waals surface area contributed by atoms with Crippen molar-refractivity contribution in [2.45, 2.75) is 64.1 Å². The molecule has 0 aromatic heterocycles. The summed E-state index contributed by atoms with van der Waals surface area (Å²) in [5.74, 6) is 2.26. The number of amides is 2. The third-order valence-electron chi connectivity index (χ3n) is 7.50. The van der Waals surface area contributed by atoms with Gasteiger partial charge in [0.2, 0.25) is 11.8 Å². The van der Waals surface area contributed by atoms with Crippen molar-refractivity contribution in [3.63, 3.8) is 0 Å². The zero-order chi connectivity index (χ0) is 22.2. The fourth-order valence-electron chi connectivity index (χ4n) is 6.37. The standard InChI is InChI=1S/C24H31F3N2O2/c1-29(15-16-4-6-20(7-5-16)24(25,26)27)21(30)3-2-8-28-22(31)23-12-17-9-18(13-23)11-19(10-17)14-23/h4-7,17-19H,2-3,8-15H2,1H3,(H,28,31). The van der Waals surface area contributed by atoms with Gasteiger partial charge in [0.25, 0.3) is 0 Å². The van der Waals surface area contributed by atoms with E-state index in [1.54, 1.807) is 7.05 Å². The van der Waals surface area contributed by atoms with Crippen molar-refractivity contribution in [3.05, 3.63) is 35.4 Å². The first-order valence-electron chi connectivity index (χ1n) is 11.3. The fourth-order valence-corrected chi connectivity index (χ4v) is 6.37. The van der Waals surface area contributed by atoms with Crippen LogP contribution in [-0.2, 0) is 22.3 Å². The molecule has 4 bridgehead atoms. The summed E-state index contributed by atoms with van der Waals surface area (Å²) in [5, 5.41) is 3.09. The Morgan fingerprint density at radius 3 is 2.10 bits per heavy atom. The van der Waals surface area contributed by atoms with Crippen LogP contribution in [0.5, 0.6) is 0 Å². The molecule has 0 unspecified atom stereocenters. The molecule has 1 N–H and O–H groups in total. The summed E-state index contributed by atoms with van der Waals surface area (Å²) in [7, 11) is 1.65. The predicted molar refractivity (Wildman–Crippen MR) is 111 cm³/mol. The quantitative estimate of drug-likeness (QED) is 0.626. The van der Waals surface area contributed by atoms with Gasteiger partial charge >= 0.3 is 6.18 Å². The summed E-state index contributed by atoms with van der Waals surface area (Å²) < 4.78 is 38.0. The summed E-state index contributed by atoms with van der Waals surface area (Å²) in [4.78, 5) is 26.8. The molecular formula is C24H31F3N2O2. The summed E-state index contributed by atoms with van der Waals surface area (Å²) in [6, 6.07) is 4.87. The number of nitrogens with zero attached hydrogens (tertiary/aromatic N) is 1. The van der Waals surface area contributed by atoms with Crippen LogP contribution in [0, 0.1) is 23.2 Å². The number of carbonyl (C=O) groups is 2. The van der Waals surface area contributed by atoms with E-state index in [0.717, 1.165) is 49.1 Å². The van der Waals surface area contributed by atoms with Crippen molar-refractivity contribution in [2.24, 2.45) is 23.2 Å². The normalized spacial score (nSPS) is 29.1. The summed E-state index contributed by atoms with van der Waals surface area (Å²) in [6.07, 6.45) is 3.48. The smallest absolute Gasteiger partial charge is 0.356 e. The molecule has 0 heterocycles. The van der Waals surface area contributed by atoms with E-state index in [2.05, 4.69) is 5.32 Å². The van der Waals surface area contributed by atoms with E-state index in [1.807, 2.05) is 0 Å². The lowest BCUT2D eigenvalue weighted by molar-refractivity contribution is -0.146. The highest BCUT2D eigenvalue weighted by Crippen LogP contribution is 2.60. The van der Waals surface area contributed by atoms with E-state index in [0.29, 0.717) is 24.9 Å². The molecule has 1 aromatic carbocycles. The van der Waals surface area contributed by atoms with E-state index in [9.17, 15) is 22.8 Å². The maximum absolute atomic E-state index is 12.9. The van der Waals surface area contributed by atoms with Gasteiger partial charge in [0.1, 0.15) is 0 Å². The van der Waals surface area contributed by atoms with Crippen LogP contribution in [0.25, 0.3) is 0 Å². The predicted octanol–water partition coefficient (Wildman–Crippen LogP) is 4.78. The van der Waals surface area contributed by atoms with Gasteiger partial charge in [0, 0.05) is 32.0 Å². The molecule has 0 radical (unpaired) electrons. The van der Waals surface area contributed by atoms with E-state index < -0.39 is 11.7 Å². The Hall–Kier alpha value is -2.05. The second-order valence-corrected chi connectivity index (χ2v) is 10.0. The first kappa shape index (κ1) is 22.2. The van der Waals surface area contributed by atoms with Crippen LogP contribution in [0.15, 0.2) is 24.3 Å². The third-order valence-corrected chi connectivity index (χ3v) is 7.50. The first-order valence-corrected chi connectivity index (χ1v) is 11.3. The van der Waals surface area contributed by atoms with Crippen molar-refractivity contribution in [1.29, 1.82) is 0 Å². The maximum Gasteiger partial charge on any atom is 0.416 e. The van der Waals surface area contributed by atoms with Gasteiger partial charge in [0.15, 0.2) is 0 Å². The lowest BCUT2D eigenvalue weighted by Gasteiger charge is -2.55. The molecule has 0 atom stereocenters. The Kier molecular flexibility index (Phi) is 6.05. The van der Waals surface area contributed by atoms with E-state index in [-0.39, 0.29) is 23.8 Å². The molecule has 4 nitrogen and oxygen atoms in total. The lowest BCUT2D eigenvalue weighted by atomic mass is 9.49. The van der Waals surface area contributed by atoms with Crippen LogP contribution < -0.4 is 5.32 Å². The van der Waals surface area contributed by atoms with E-state index in [4.69, 9.17) is 0 Å². The Morgan fingerprint density at radius 1 is 1.03 bits per heavy atom.